The monoisotopic (exact) mass is 507 g/mol. The Morgan fingerprint density at radius 1 is 1.00 bits per heavy atom. The number of halogens is 1. The molecule has 0 saturated heterocycles. The summed E-state index contributed by atoms with van der Waals surface area (Å²) in [6, 6.07) is 7.18. The van der Waals surface area contributed by atoms with Crippen LogP contribution in [0, 0.1) is 5.82 Å². The summed E-state index contributed by atoms with van der Waals surface area (Å²) < 4.78 is 16.0. The highest BCUT2D eigenvalue weighted by Crippen LogP contribution is 2.34. The first-order valence-electron chi connectivity index (χ1n) is 12.2. The van der Waals surface area contributed by atoms with Gasteiger partial charge >= 0.3 is 0 Å². The number of imidazole rings is 1. The van der Waals surface area contributed by atoms with Crippen LogP contribution in [0.5, 0.6) is 0 Å². The Morgan fingerprint density at radius 3 is 2.71 bits per heavy atom. The molecule has 11 heteroatoms. The molecule has 0 atom stereocenters. The van der Waals surface area contributed by atoms with E-state index in [1.807, 2.05) is 19.1 Å². The summed E-state index contributed by atoms with van der Waals surface area (Å²) >= 11 is 0. The molecule has 0 spiro atoms. The van der Waals surface area contributed by atoms with Gasteiger partial charge in [0.05, 0.1) is 28.5 Å². The molecule has 0 bridgehead atoms. The lowest BCUT2D eigenvalue weighted by Gasteiger charge is -2.08. The van der Waals surface area contributed by atoms with E-state index in [0.717, 1.165) is 23.9 Å². The number of hydrogen-bond donors (Lipinski definition) is 3. The number of H-pyrrole nitrogens is 2. The van der Waals surface area contributed by atoms with E-state index in [1.165, 1.54) is 18.6 Å². The van der Waals surface area contributed by atoms with Gasteiger partial charge in [-0.05, 0) is 30.7 Å². The number of pyridine rings is 4. The van der Waals surface area contributed by atoms with E-state index in [2.05, 4.69) is 40.4 Å². The first kappa shape index (κ1) is 23.3. The third-order valence-corrected chi connectivity index (χ3v) is 6.20. The molecule has 10 nitrogen and oxygen atoms in total. The number of unbranched alkanes of at least 4 members (excludes halogenated alkanes) is 1. The van der Waals surface area contributed by atoms with Crippen LogP contribution in [-0.2, 0) is 4.79 Å². The van der Waals surface area contributed by atoms with Crippen molar-refractivity contribution in [2.75, 3.05) is 5.32 Å². The maximum Gasteiger partial charge on any atom is 0.224 e. The number of nitrogens with one attached hydrogen (secondary N) is 3. The van der Waals surface area contributed by atoms with Crippen molar-refractivity contribution in [3.8, 4) is 33.9 Å². The number of amides is 1. The Kier molecular flexibility index (Phi) is 6.00. The molecular weight excluding hydrogens is 485 g/mol. The van der Waals surface area contributed by atoms with E-state index in [0.29, 0.717) is 40.4 Å². The molecule has 0 saturated carbocycles. The van der Waals surface area contributed by atoms with Gasteiger partial charge in [0.2, 0.25) is 5.91 Å². The summed E-state index contributed by atoms with van der Waals surface area (Å²) in [5, 5.41) is 10.1. The summed E-state index contributed by atoms with van der Waals surface area (Å²) in [6.45, 7) is 2.02. The Balaban J connectivity index is 1.41. The zero-order chi connectivity index (χ0) is 26.1. The van der Waals surface area contributed by atoms with E-state index in [1.54, 1.807) is 30.7 Å². The van der Waals surface area contributed by atoms with E-state index < -0.39 is 5.82 Å². The Labute approximate surface area is 215 Å². The van der Waals surface area contributed by atoms with Gasteiger partial charge in [0.15, 0.2) is 11.5 Å². The number of fused-ring (bicyclic) bond motifs is 2. The Bertz CT molecular complexity index is 1780. The first-order chi connectivity index (χ1) is 18.6. The standard InChI is InChI=1S/C27H22FN9O/c1-2-3-4-20(38)33-17-11-16(12-30-13-17)18-14-32-26-21(22(18)28)25(36-37-26)27-34-19-7-10-31-23(24(19)35-27)15-5-8-29-9-6-15/h5-14H,2-4H2,1H3,(H,33,38)(H,34,35)(H,32,36,37). The number of hydrogen-bond acceptors (Lipinski definition) is 7. The quantitative estimate of drug-likeness (QED) is 0.267. The SMILES string of the molecule is CCCCC(=O)Nc1cncc(-c2cnc3[nH]nc(-c4nc5c(-c6ccncc6)nccc5[nH]4)c3c2F)c1. The second-order valence-corrected chi connectivity index (χ2v) is 8.77. The van der Waals surface area contributed by atoms with Gasteiger partial charge < -0.3 is 10.3 Å². The fourth-order valence-corrected chi connectivity index (χ4v) is 4.31. The third kappa shape index (κ3) is 4.23. The number of aromatic amines is 2. The molecule has 38 heavy (non-hydrogen) atoms. The topological polar surface area (TPSA) is 138 Å². The van der Waals surface area contributed by atoms with Crippen molar-refractivity contribution >= 4 is 33.7 Å². The normalized spacial score (nSPS) is 11.3. The van der Waals surface area contributed by atoms with Gasteiger partial charge in [-0.25, -0.2) is 14.4 Å². The van der Waals surface area contributed by atoms with Crippen molar-refractivity contribution in [2.45, 2.75) is 26.2 Å². The number of carbonyl (C=O) groups is 1. The maximum atomic E-state index is 16.0. The zero-order valence-electron chi connectivity index (χ0n) is 20.4. The van der Waals surface area contributed by atoms with Crippen molar-refractivity contribution in [1.82, 2.24) is 40.1 Å². The predicted molar refractivity (Wildman–Crippen MR) is 141 cm³/mol. The smallest absolute Gasteiger partial charge is 0.224 e. The van der Waals surface area contributed by atoms with Gasteiger partial charge in [0.25, 0.3) is 0 Å². The van der Waals surface area contributed by atoms with Crippen molar-refractivity contribution in [1.29, 1.82) is 0 Å². The highest BCUT2D eigenvalue weighted by atomic mass is 19.1. The number of anilines is 1. The van der Waals surface area contributed by atoms with Crippen LogP contribution >= 0.6 is 0 Å². The second-order valence-electron chi connectivity index (χ2n) is 8.77. The van der Waals surface area contributed by atoms with Crippen LogP contribution in [0.25, 0.3) is 56.0 Å². The fraction of sp³-hybridized carbons (Fsp3) is 0.148. The molecule has 0 unspecified atom stereocenters. The zero-order valence-corrected chi connectivity index (χ0v) is 20.4. The Morgan fingerprint density at radius 2 is 1.87 bits per heavy atom. The average Bonchev–Trinajstić information content (AvgIpc) is 3.57. The van der Waals surface area contributed by atoms with Gasteiger partial charge in [-0.1, -0.05) is 13.3 Å². The molecule has 188 valence electrons. The number of rotatable bonds is 7. The van der Waals surface area contributed by atoms with Gasteiger partial charge in [-0.2, -0.15) is 5.10 Å². The predicted octanol–water partition coefficient (Wildman–Crippen LogP) is 5.29. The van der Waals surface area contributed by atoms with Crippen molar-refractivity contribution in [2.24, 2.45) is 0 Å². The summed E-state index contributed by atoms with van der Waals surface area (Å²) in [5.74, 6) is -0.257. The van der Waals surface area contributed by atoms with Gasteiger partial charge in [0, 0.05) is 54.1 Å². The van der Waals surface area contributed by atoms with E-state index in [-0.39, 0.29) is 22.5 Å². The van der Waals surface area contributed by atoms with E-state index in [4.69, 9.17) is 4.98 Å². The van der Waals surface area contributed by atoms with Crippen molar-refractivity contribution in [3.05, 3.63) is 67.3 Å². The molecule has 0 aliphatic carbocycles. The molecule has 3 N–H and O–H groups in total. The number of carbonyl (C=O) groups excluding carboxylic acids is 1. The highest BCUT2D eigenvalue weighted by molar-refractivity contribution is 5.97. The van der Waals surface area contributed by atoms with Crippen molar-refractivity contribution < 1.29 is 9.18 Å². The van der Waals surface area contributed by atoms with Gasteiger partial charge in [0.1, 0.15) is 17.0 Å². The molecule has 6 rings (SSSR count). The van der Waals surface area contributed by atoms with Crippen LogP contribution in [0.2, 0.25) is 0 Å². The van der Waals surface area contributed by atoms with Gasteiger partial charge in [-0.3, -0.25) is 24.8 Å². The third-order valence-electron chi connectivity index (χ3n) is 6.20. The summed E-state index contributed by atoms with van der Waals surface area (Å²) in [4.78, 5) is 37.2. The minimum atomic E-state index is -0.525. The van der Waals surface area contributed by atoms with E-state index >= 15 is 4.39 Å². The maximum absolute atomic E-state index is 16.0. The summed E-state index contributed by atoms with van der Waals surface area (Å²) in [5.41, 5.74) is 4.67. The van der Waals surface area contributed by atoms with E-state index in [9.17, 15) is 4.79 Å². The lowest BCUT2D eigenvalue weighted by atomic mass is 10.1. The van der Waals surface area contributed by atoms with Gasteiger partial charge in [-0.15, -0.1) is 0 Å². The molecule has 0 aliphatic rings. The van der Waals surface area contributed by atoms with Crippen LogP contribution in [0.4, 0.5) is 10.1 Å². The van der Waals surface area contributed by atoms with Crippen LogP contribution < -0.4 is 5.32 Å². The molecule has 1 amide bonds. The minimum absolute atomic E-state index is 0.109. The first-order valence-corrected chi connectivity index (χ1v) is 12.2. The van der Waals surface area contributed by atoms with Crippen LogP contribution in [-0.4, -0.2) is 46.0 Å². The Hall–Kier alpha value is -5.06. The minimum Gasteiger partial charge on any atom is -0.336 e. The fourth-order valence-electron chi connectivity index (χ4n) is 4.31. The lowest BCUT2D eigenvalue weighted by Crippen LogP contribution is -2.11. The molecule has 0 aliphatic heterocycles. The lowest BCUT2D eigenvalue weighted by molar-refractivity contribution is -0.116. The van der Waals surface area contributed by atoms with Crippen molar-refractivity contribution in [3.63, 3.8) is 0 Å². The van der Waals surface area contributed by atoms with Crippen LogP contribution in [0.15, 0.2) is 61.4 Å². The molecule has 0 radical (unpaired) electrons. The molecule has 6 aromatic rings. The number of aromatic nitrogens is 8. The summed E-state index contributed by atoms with van der Waals surface area (Å²) in [7, 11) is 0. The van der Waals surface area contributed by atoms with Crippen LogP contribution in [0.3, 0.4) is 0 Å². The molecular formula is C27H22FN9O. The second kappa shape index (κ2) is 9.77. The largest absolute Gasteiger partial charge is 0.336 e. The van der Waals surface area contributed by atoms with Crippen LogP contribution in [0.1, 0.15) is 26.2 Å². The highest BCUT2D eigenvalue weighted by Gasteiger charge is 2.21. The molecule has 0 fully saturated rings. The molecule has 0 aromatic carbocycles. The summed E-state index contributed by atoms with van der Waals surface area (Å²) in [6.07, 6.45) is 11.7. The average molecular weight is 508 g/mol. The molecule has 6 heterocycles. The number of nitrogens with zero attached hydrogens (tertiary/aromatic N) is 6. The molecule has 6 aromatic heterocycles.